The fourth-order valence-electron chi connectivity index (χ4n) is 1.65. The number of aromatic nitrogens is 1. The molecular weight excluding hydrogens is 244 g/mol. The van der Waals surface area contributed by atoms with Crippen LogP contribution in [0, 0.1) is 0 Å². The van der Waals surface area contributed by atoms with Gasteiger partial charge in [-0.3, -0.25) is 10.1 Å². The summed E-state index contributed by atoms with van der Waals surface area (Å²) in [5.41, 5.74) is -0.0620. The van der Waals surface area contributed by atoms with Crippen LogP contribution in [0.5, 0.6) is 0 Å². The van der Waals surface area contributed by atoms with E-state index in [9.17, 15) is 9.59 Å². The normalized spacial score (nSPS) is 11.3. The van der Waals surface area contributed by atoms with Gasteiger partial charge in [0, 0.05) is 10.9 Å². The van der Waals surface area contributed by atoms with E-state index in [0.717, 1.165) is 10.9 Å². The van der Waals surface area contributed by atoms with Crippen molar-refractivity contribution >= 4 is 22.7 Å². The summed E-state index contributed by atoms with van der Waals surface area (Å²) >= 11 is 0. The number of fused-ring (bicyclic) bond motifs is 1. The summed E-state index contributed by atoms with van der Waals surface area (Å²) in [7, 11) is 0. The second-order valence-electron chi connectivity index (χ2n) is 5.23. The van der Waals surface area contributed by atoms with Crippen molar-refractivity contribution in [3.8, 4) is 0 Å². The van der Waals surface area contributed by atoms with Gasteiger partial charge < -0.3 is 9.72 Å². The lowest BCUT2D eigenvalue weighted by Crippen LogP contribution is -2.29. The largest absolute Gasteiger partial charge is 0.444 e. The third kappa shape index (κ3) is 3.34. The van der Waals surface area contributed by atoms with Crippen molar-refractivity contribution in [1.82, 2.24) is 4.98 Å². The number of aromatic amines is 1. The zero-order chi connectivity index (χ0) is 14.0. The van der Waals surface area contributed by atoms with Gasteiger partial charge in [0.05, 0.1) is 0 Å². The molecule has 19 heavy (non-hydrogen) atoms. The average Bonchev–Trinajstić information content (AvgIpc) is 2.27. The third-order valence-electron chi connectivity index (χ3n) is 2.39. The molecule has 5 nitrogen and oxygen atoms in total. The van der Waals surface area contributed by atoms with E-state index in [0.29, 0.717) is 0 Å². The lowest BCUT2D eigenvalue weighted by Gasteiger charge is -2.19. The van der Waals surface area contributed by atoms with E-state index in [2.05, 4.69) is 10.3 Å². The number of benzene rings is 1. The summed E-state index contributed by atoms with van der Waals surface area (Å²) in [6.07, 6.45) is -0.645. The monoisotopic (exact) mass is 260 g/mol. The second-order valence-corrected chi connectivity index (χ2v) is 5.23. The number of para-hydroxylation sites is 1. The molecule has 2 aromatic rings. The number of hydrogen-bond donors (Lipinski definition) is 2. The maximum Gasteiger partial charge on any atom is 0.412 e. The molecule has 0 fully saturated rings. The Kier molecular flexibility index (Phi) is 3.29. The van der Waals surface area contributed by atoms with Crippen molar-refractivity contribution in [3.05, 3.63) is 40.7 Å². The van der Waals surface area contributed by atoms with Gasteiger partial charge in [-0.05, 0) is 32.9 Å². The molecule has 1 heterocycles. The third-order valence-corrected chi connectivity index (χ3v) is 2.39. The van der Waals surface area contributed by atoms with Crippen molar-refractivity contribution in [2.45, 2.75) is 26.4 Å². The summed E-state index contributed by atoms with van der Waals surface area (Å²) in [6.45, 7) is 5.28. The Morgan fingerprint density at radius 2 is 1.95 bits per heavy atom. The molecule has 1 amide bonds. The summed E-state index contributed by atoms with van der Waals surface area (Å²) < 4.78 is 5.11. The summed E-state index contributed by atoms with van der Waals surface area (Å²) in [5.74, 6) is 0. The summed E-state index contributed by atoms with van der Waals surface area (Å²) in [4.78, 5) is 26.1. The Balaban J connectivity index is 2.28. The molecule has 2 rings (SSSR count). The number of carbonyl (C=O) groups excluding carboxylic acids is 1. The molecule has 0 aliphatic heterocycles. The predicted octanol–water partition coefficient (Wildman–Crippen LogP) is 2.88. The maximum absolute atomic E-state index is 11.8. The Morgan fingerprint density at radius 1 is 1.26 bits per heavy atom. The van der Waals surface area contributed by atoms with Crippen molar-refractivity contribution in [3.63, 3.8) is 0 Å². The molecule has 2 N–H and O–H groups in total. The van der Waals surface area contributed by atoms with Gasteiger partial charge in [0.2, 0.25) is 0 Å². The Morgan fingerprint density at radius 3 is 2.63 bits per heavy atom. The number of hydrogen-bond acceptors (Lipinski definition) is 3. The number of rotatable bonds is 1. The highest BCUT2D eigenvalue weighted by Crippen LogP contribution is 2.14. The SMILES string of the molecule is CC(C)(C)OC(=O)Nc1cc2ccccc2[nH]c1=O. The zero-order valence-electron chi connectivity index (χ0n) is 11.1. The van der Waals surface area contributed by atoms with Crippen LogP contribution < -0.4 is 10.9 Å². The molecule has 1 aromatic heterocycles. The summed E-state index contributed by atoms with van der Waals surface area (Å²) in [5, 5.41) is 3.29. The molecule has 100 valence electrons. The number of H-pyrrole nitrogens is 1. The number of anilines is 1. The van der Waals surface area contributed by atoms with Crippen LogP contribution in [0.1, 0.15) is 20.8 Å². The zero-order valence-corrected chi connectivity index (χ0v) is 11.1. The number of nitrogens with one attached hydrogen (secondary N) is 2. The van der Waals surface area contributed by atoms with Gasteiger partial charge in [-0.15, -0.1) is 0 Å². The molecule has 0 aliphatic carbocycles. The minimum Gasteiger partial charge on any atom is -0.444 e. The molecule has 0 saturated carbocycles. The van der Waals surface area contributed by atoms with E-state index in [-0.39, 0.29) is 11.2 Å². The van der Waals surface area contributed by atoms with Crippen LogP contribution in [0.25, 0.3) is 10.9 Å². The van der Waals surface area contributed by atoms with E-state index in [1.165, 1.54) is 0 Å². The van der Waals surface area contributed by atoms with Crippen LogP contribution in [0.3, 0.4) is 0 Å². The second kappa shape index (κ2) is 4.76. The van der Waals surface area contributed by atoms with Crippen LogP contribution in [0.4, 0.5) is 10.5 Å². The Hall–Kier alpha value is -2.30. The molecule has 0 unspecified atom stereocenters. The van der Waals surface area contributed by atoms with Crippen molar-refractivity contribution in [2.75, 3.05) is 5.32 Å². The lowest BCUT2D eigenvalue weighted by molar-refractivity contribution is 0.0635. The fourth-order valence-corrected chi connectivity index (χ4v) is 1.65. The highest BCUT2D eigenvalue weighted by atomic mass is 16.6. The molecule has 0 radical (unpaired) electrons. The first-order valence-corrected chi connectivity index (χ1v) is 5.97. The molecule has 0 spiro atoms. The molecule has 0 saturated heterocycles. The lowest BCUT2D eigenvalue weighted by atomic mass is 10.2. The number of ether oxygens (including phenoxy) is 1. The molecule has 5 heteroatoms. The molecule has 1 aromatic carbocycles. The fraction of sp³-hybridized carbons (Fsp3) is 0.286. The van der Waals surface area contributed by atoms with E-state index < -0.39 is 11.7 Å². The van der Waals surface area contributed by atoms with Gasteiger partial charge in [0.1, 0.15) is 11.3 Å². The van der Waals surface area contributed by atoms with Crippen LogP contribution in [-0.4, -0.2) is 16.7 Å². The average molecular weight is 260 g/mol. The van der Waals surface area contributed by atoms with Crippen LogP contribution in [0.15, 0.2) is 35.1 Å². The highest BCUT2D eigenvalue weighted by Gasteiger charge is 2.17. The predicted molar refractivity (Wildman–Crippen MR) is 74.4 cm³/mol. The highest BCUT2D eigenvalue weighted by molar-refractivity contribution is 5.89. The minimum absolute atomic E-state index is 0.174. The smallest absolute Gasteiger partial charge is 0.412 e. The Bertz CT molecular complexity index is 668. The minimum atomic E-state index is -0.645. The number of amides is 1. The maximum atomic E-state index is 11.8. The summed E-state index contributed by atoms with van der Waals surface area (Å²) in [6, 6.07) is 8.97. The van der Waals surface area contributed by atoms with E-state index in [4.69, 9.17) is 4.74 Å². The van der Waals surface area contributed by atoms with Crippen LogP contribution in [-0.2, 0) is 4.74 Å². The van der Waals surface area contributed by atoms with Gasteiger partial charge in [-0.1, -0.05) is 18.2 Å². The standard InChI is InChI=1S/C14H16N2O3/c1-14(2,3)19-13(18)16-11-8-9-6-4-5-7-10(9)15-12(11)17/h4-8H,1-3H3,(H,15,17)(H,16,18). The first-order valence-electron chi connectivity index (χ1n) is 5.97. The molecule has 0 atom stereocenters. The van der Waals surface area contributed by atoms with Gasteiger partial charge in [-0.25, -0.2) is 4.79 Å². The van der Waals surface area contributed by atoms with Crippen molar-refractivity contribution in [2.24, 2.45) is 0 Å². The first-order chi connectivity index (χ1) is 8.85. The van der Waals surface area contributed by atoms with Crippen molar-refractivity contribution < 1.29 is 9.53 Å². The van der Waals surface area contributed by atoms with Gasteiger partial charge >= 0.3 is 6.09 Å². The van der Waals surface area contributed by atoms with E-state index >= 15 is 0 Å². The van der Waals surface area contributed by atoms with Gasteiger partial charge in [-0.2, -0.15) is 0 Å². The topological polar surface area (TPSA) is 71.2 Å². The van der Waals surface area contributed by atoms with Gasteiger partial charge in [0.15, 0.2) is 0 Å². The first kappa shape index (κ1) is 13.1. The van der Waals surface area contributed by atoms with Crippen molar-refractivity contribution in [1.29, 1.82) is 0 Å². The van der Waals surface area contributed by atoms with Crippen LogP contribution >= 0.6 is 0 Å². The number of carbonyl (C=O) groups is 1. The van der Waals surface area contributed by atoms with E-state index in [1.54, 1.807) is 32.9 Å². The van der Waals surface area contributed by atoms with E-state index in [1.807, 2.05) is 18.2 Å². The Labute approximate surface area is 110 Å². The van der Waals surface area contributed by atoms with Crippen LogP contribution in [0.2, 0.25) is 0 Å². The molecular formula is C14H16N2O3. The quantitative estimate of drug-likeness (QED) is 0.828. The van der Waals surface area contributed by atoms with Gasteiger partial charge in [0.25, 0.3) is 5.56 Å². The molecule has 0 aliphatic rings. The number of pyridine rings is 1. The molecule has 0 bridgehead atoms.